The zero-order valence-electron chi connectivity index (χ0n) is 11.3. The van der Waals surface area contributed by atoms with Gasteiger partial charge in [-0.15, -0.1) is 0 Å². The molecule has 1 saturated heterocycles. The SMILES string of the molecule is O=C1CNCC1CCC12CC3CC(CC(C3)C1)C2. The van der Waals surface area contributed by atoms with Crippen molar-refractivity contribution in [2.75, 3.05) is 13.1 Å². The lowest BCUT2D eigenvalue weighted by molar-refractivity contribution is -0.120. The van der Waals surface area contributed by atoms with Crippen LogP contribution in [0.15, 0.2) is 0 Å². The van der Waals surface area contributed by atoms with Crippen molar-refractivity contribution in [1.82, 2.24) is 5.32 Å². The first-order valence-corrected chi connectivity index (χ1v) is 7.96. The van der Waals surface area contributed by atoms with E-state index in [0.717, 1.165) is 30.7 Å². The molecule has 1 atom stereocenters. The van der Waals surface area contributed by atoms with E-state index >= 15 is 0 Å². The number of hydrogen-bond acceptors (Lipinski definition) is 2. The van der Waals surface area contributed by atoms with Crippen LogP contribution in [0, 0.1) is 29.1 Å². The minimum atomic E-state index is 0.345. The van der Waals surface area contributed by atoms with Gasteiger partial charge in [0.2, 0.25) is 0 Å². The molecule has 5 fully saturated rings. The largest absolute Gasteiger partial charge is 0.309 e. The molecule has 18 heavy (non-hydrogen) atoms. The first-order valence-electron chi connectivity index (χ1n) is 7.96. The molecule has 1 unspecified atom stereocenters. The second-order valence-electron chi connectivity index (χ2n) is 7.75. The van der Waals surface area contributed by atoms with Crippen molar-refractivity contribution >= 4 is 5.78 Å². The van der Waals surface area contributed by atoms with Crippen molar-refractivity contribution in [3.63, 3.8) is 0 Å². The molecule has 1 heterocycles. The Morgan fingerprint density at radius 3 is 2.17 bits per heavy atom. The highest BCUT2D eigenvalue weighted by molar-refractivity contribution is 5.85. The average Bonchev–Trinajstić information content (AvgIpc) is 2.70. The third kappa shape index (κ3) is 1.84. The second-order valence-corrected chi connectivity index (χ2v) is 7.75. The molecule has 0 aromatic heterocycles. The number of ketones is 1. The van der Waals surface area contributed by atoms with Gasteiger partial charge >= 0.3 is 0 Å². The molecule has 4 saturated carbocycles. The summed E-state index contributed by atoms with van der Waals surface area (Å²) in [5, 5.41) is 3.23. The van der Waals surface area contributed by atoms with E-state index < -0.39 is 0 Å². The van der Waals surface area contributed by atoms with E-state index in [1.165, 1.54) is 44.9 Å². The van der Waals surface area contributed by atoms with Gasteiger partial charge in [-0.25, -0.2) is 0 Å². The van der Waals surface area contributed by atoms with E-state index in [1.807, 2.05) is 0 Å². The number of carbonyl (C=O) groups is 1. The summed E-state index contributed by atoms with van der Waals surface area (Å²) >= 11 is 0. The molecular weight excluding hydrogens is 222 g/mol. The number of rotatable bonds is 3. The summed E-state index contributed by atoms with van der Waals surface area (Å²) in [6.45, 7) is 1.58. The lowest BCUT2D eigenvalue weighted by Crippen LogP contribution is -2.46. The zero-order valence-corrected chi connectivity index (χ0v) is 11.3. The smallest absolute Gasteiger partial charge is 0.150 e. The lowest BCUT2D eigenvalue weighted by Gasteiger charge is -2.57. The van der Waals surface area contributed by atoms with Crippen LogP contribution in [-0.2, 0) is 4.79 Å². The fraction of sp³-hybridized carbons (Fsp3) is 0.938. The van der Waals surface area contributed by atoms with E-state index in [-0.39, 0.29) is 0 Å². The van der Waals surface area contributed by atoms with Gasteiger partial charge in [0.25, 0.3) is 0 Å². The van der Waals surface area contributed by atoms with Gasteiger partial charge < -0.3 is 5.32 Å². The summed E-state index contributed by atoms with van der Waals surface area (Å²) < 4.78 is 0. The maximum atomic E-state index is 11.7. The molecule has 4 aliphatic carbocycles. The Morgan fingerprint density at radius 1 is 1.06 bits per heavy atom. The Labute approximate surface area is 110 Å². The van der Waals surface area contributed by atoms with E-state index in [9.17, 15) is 4.79 Å². The lowest BCUT2D eigenvalue weighted by atomic mass is 9.48. The average molecular weight is 247 g/mol. The highest BCUT2D eigenvalue weighted by atomic mass is 16.1. The summed E-state index contributed by atoms with van der Waals surface area (Å²) in [7, 11) is 0. The zero-order chi connectivity index (χ0) is 12.2. The third-order valence-corrected chi connectivity index (χ3v) is 6.33. The van der Waals surface area contributed by atoms with Crippen LogP contribution in [0.1, 0.15) is 51.4 Å². The van der Waals surface area contributed by atoms with Gasteiger partial charge in [0.1, 0.15) is 0 Å². The second kappa shape index (κ2) is 4.06. The molecule has 1 N–H and O–H groups in total. The van der Waals surface area contributed by atoms with E-state index in [1.54, 1.807) is 0 Å². The van der Waals surface area contributed by atoms with E-state index in [0.29, 0.717) is 23.7 Å². The van der Waals surface area contributed by atoms with Crippen LogP contribution in [-0.4, -0.2) is 18.9 Å². The van der Waals surface area contributed by atoms with E-state index in [2.05, 4.69) is 5.32 Å². The summed E-state index contributed by atoms with van der Waals surface area (Å²) in [5.74, 6) is 3.97. The Morgan fingerprint density at radius 2 is 1.67 bits per heavy atom. The molecule has 0 aromatic rings. The molecule has 2 nitrogen and oxygen atoms in total. The van der Waals surface area contributed by atoms with Crippen LogP contribution in [0.2, 0.25) is 0 Å². The first-order chi connectivity index (χ1) is 8.72. The third-order valence-electron chi connectivity index (χ3n) is 6.33. The van der Waals surface area contributed by atoms with Gasteiger partial charge in [-0.2, -0.15) is 0 Å². The van der Waals surface area contributed by atoms with Gasteiger partial charge in [-0.05, 0) is 74.5 Å². The van der Waals surface area contributed by atoms with Crippen LogP contribution < -0.4 is 5.32 Å². The Kier molecular flexibility index (Phi) is 2.58. The van der Waals surface area contributed by atoms with Crippen LogP contribution in [0.25, 0.3) is 0 Å². The molecule has 0 amide bonds. The summed E-state index contributed by atoms with van der Waals surface area (Å²) in [4.78, 5) is 11.7. The van der Waals surface area contributed by atoms with Crippen molar-refractivity contribution in [3.8, 4) is 0 Å². The Hall–Kier alpha value is -0.370. The van der Waals surface area contributed by atoms with Crippen LogP contribution in [0.3, 0.4) is 0 Å². The maximum absolute atomic E-state index is 11.7. The van der Waals surface area contributed by atoms with Gasteiger partial charge in [-0.1, -0.05) is 0 Å². The minimum Gasteiger partial charge on any atom is -0.309 e. The van der Waals surface area contributed by atoms with Crippen LogP contribution in [0.4, 0.5) is 0 Å². The van der Waals surface area contributed by atoms with Crippen LogP contribution in [0.5, 0.6) is 0 Å². The van der Waals surface area contributed by atoms with Crippen LogP contribution >= 0.6 is 0 Å². The molecule has 0 spiro atoms. The molecule has 0 aromatic carbocycles. The quantitative estimate of drug-likeness (QED) is 0.831. The molecule has 4 bridgehead atoms. The Bertz CT molecular complexity index is 327. The van der Waals surface area contributed by atoms with Crippen molar-refractivity contribution in [1.29, 1.82) is 0 Å². The molecule has 5 aliphatic rings. The van der Waals surface area contributed by atoms with Gasteiger partial charge in [0, 0.05) is 12.5 Å². The molecule has 0 radical (unpaired) electrons. The molecular formula is C16H25NO. The van der Waals surface area contributed by atoms with Crippen molar-refractivity contribution in [3.05, 3.63) is 0 Å². The standard InChI is InChI=1S/C16H25NO/c18-15-10-17-9-14(15)1-2-16-6-11-3-12(7-16)5-13(4-11)8-16/h11-14,17H,1-10H2. The molecule has 5 rings (SSSR count). The number of Topliss-reactive ketones (excluding diaryl/α,β-unsaturated/α-hetero) is 1. The fourth-order valence-corrected chi connectivity index (χ4v) is 5.97. The number of carbonyl (C=O) groups excluding carboxylic acids is 1. The van der Waals surface area contributed by atoms with Gasteiger partial charge in [0.15, 0.2) is 5.78 Å². The fourth-order valence-electron chi connectivity index (χ4n) is 5.97. The highest BCUT2D eigenvalue weighted by Gasteiger charge is 2.50. The highest BCUT2D eigenvalue weighted by Crippen LogP contribution is 2.61. The van der Waals surface area contributed by atoms with Gasteiger partial charge in [-0.3, -0.25) is 4.79 Å². The number of hydrogen-bond donors (Lipinski definition) is 1. The molecule has 100 valence electrons. The molecule has 1 aliphatic heterocycles. The minimum absolute atomic E-state index is 0.345. The number of nitrogens with one attached hydrogen (secondary N) is 1. The van der Waals surface area contributed by atoms with E-state index in [4.69, 9.17) is 0 Å². The predicted octanol–water partition coefficient (Wildman–Crippen LogP) is 2.77. The van der Waals surface area contributed by atoms with Gasteiger partial charge in [0.05, 0.1) is 6.54 Å². The normalized spacial score (nSPS) is 50.1. The monoisotopic (exact) mass is 247 g/mol. The van der Waals surface area contributed by atoms with Crippen molar-refractivity contribution in [2.45, 2.75) is 51.4 Å². The first kappa shape index (κ1) is 11.5. The topological polar surface area (TPSA) is 29.1 Å². The van der Waals surface area contributed by atoms with Crippen molar-refractivity contribution in [2.24, 2.45) is 29.1 Å². The Balaban J connectivity index is 1.43. The molecule has 2 heteroatoms. The summed E-state index contributed by atoms with van der Waals surface area (Å²) in [6, 6.07) is 0. The van der Waals surface area contributed by atoms with Crippen molar-refractivity contribution < 1.29 is 4.79 Å². The summed E-state index contributed by atoms with van der Waals surface area (Å²) in [6.07, 6.45) is 11.6. The predicted molar refractivity (Wildman–Crippen MR) is 71.2 cm³/mol. The summed E-state index contributed by atoms with van der Waals surface area (Å²) in [5.41, 5.74) is 0.664. The maximum Gasteiger partial charge on any atom is 0.150 e.